The van der Waals surface area contributed by atoms with E-state index in [-0.39, 0.29) is 18.0 Å². The number of amides is 3. The van der Waals surface area contributed by atoms with E-state index in [0.29, 0.717) is 23.0 Å². The topological polar surface area (TPSA) is 106 Å². The maximum absolute atomic E-state index is 12.8. The highest BCUT2D eigenvalue weighted by molar-refractivity contribution is 6.02. The van der Waals surface area contributed by atoms with Crippen LogP contribution in [0.5, 0.6) is 0 Å². The lowest BCUT2D eigenvalue weighted by Gasteiger charge is -2.27. The minimum atomic E-state index is -0.597. The molecule has 1 unspecified atom stereocenters. The average Bonchev–Trinajstić information content (AvgIpc) is 3.43. The van der Waals surface area contributed by atoms with E-state index in [4.69, 9.17) is 4.74 Å². The molecule has 2 N–H and O–H groups in total. The predicted molar refractivity (Wildman–Crippen MR) is 123 cm³/mol. The SMILES string of the molecule is COC(=O)n1ncc2c(NC(=O)NC3CCc4cc(N5CCCCC5=O)ccc43)cccc21. The summed E-state index contributed by atoms with van der Waals surface area (Å²) in [5, 5.41) is 10.6. The highest BCUT2D eigenvalue weighted by atomic mass is 16.5. The third-order valence-corrected chi connectivity index (χ3v) is 6.35. The number of aryl methyl sites for hydroxylation is 1. The average molecular weight is 447 g/mol. The lowest BCUT2D eigenvalue weighted by Crippen LogP contribution is -2.35. The number of nitrogens with one attached hydrogen (secondary N) is 2. The number of rotatable bonds is 3. The van der Waals surface area contributed by atoms with Gasteiger partial charge in [0.1, 0.15) is 0 Å². The summed E-state index contributed by atoms with van der Waals surface area (Å²) >= 11 is 0. The molecule has 1 atom stereocenters. The number of nitrogens with zero attached hydrogens (tertiary/aromatic N) is 3. The molecule has 1 aromatic heterocycles. The number of piperidine rings is 1. The summed E-state index contributed by atoms with van der Waals surface area (Å²) in [7, 11) is 1.29. The number of carbonyl (C=O) groups is 3. The van der Waals surface area contributed by atoms with E-state index in [1.165, 1.54) is 13.3 Å². The van der Waals surface area contributed by atoms with E-state index in [2.05, 4.69) is 21.8 Å². The van der Waals surface area contributed by atoms with Crippen molar-refractivity contribution in [2.75, 3.05) is 23.9 Å². The second-order valence-electron chi connectivity index (χ2n) is 8.34. The fraction of sp³-hybridized carbons (Fsp3) is 0.333. The molecule has 1 aliphatic carbocycles. The van der Waals surface area contributed by atoms with Crippen molar-refractivity contribution in [2.24, 2.45) is 0 Å². The van der Waals surface area contributed by atoms with E-state index in [1.54, 1.807) is 18.2 Å². The van der Waals surface area contributed by atoms with Gasteiger partial charge >= 0.3 is 12.1 Å². The fourth-order valence-corrected chi connectivity index (χ4v) is 4.71. The number of urea groups is 1. The zero-order valence-electron chi connectivity index (χ0n) is 18.3. The molecule has 1 fully saturated rings. The number of aromatic nitrogens is 2. The lowest BCUT2D eigenvalue weighted by atomic mass is 10.0. The molecule has 2 aromatic carbocycles. The van der Waals surface area contributed by atoms with Gasteiger partial charge in [-0.3, -0.25) is 4.79 Å². The quantitative estimate of drug-likeness (QED) is 0.632. The number of hydrogen-bond acceptors (Lipinski definition) is 5. The van der Waals surface area contributed by atoms with Crippen molar-refractivity contribution in [1.82, 2.24) is 15.1 Å². The maximum Gasteiger partial charge on any atom is 0.434 e. The Labute approximate surface area is 190 Å². The van der Waals surface area contributed by atoms with Gasteiger partial charge in [-0.25, -0.2) is 9.59 Å². The van der Waals surface area contributed by atoms with Gasteiger partial charge < -0.3 is 20.3 Å². The molecule has 170 valence electrons. The third-order valence-electron chi connectivity index (χ3n) is 6.35. The van der Waals surface area contributed by atoms with Crippen LogP contribution in [0, 0.1) is 0 Å². The van der Waals surface area contributed by atoms with Crippen LogP contribution < -0.4 is 15.5 Å². The maximum atomic E-state index is 12.8. The molecule has 5 rings (SSSR count). The van der Waals surface area contributed by atoms with E-state index >= 15 is 0 Å². The highest BCUT2D eigenvalue weighted by Gasteiger charge is 2.27. The van der Waals surface area contributed by atoms with Gasteiger partial charge in [-0.1, -0.05) is 12.1 Å². The standard InChI is InChI=1S/C24H25N5O4/c1-33-24(32)29-21-6-4-5-19(18(21)14-25-29)26-23(31)27-20-11-8-15-13-16(9-10-17(15)20)28-12-3-2-7-22(28)30/h4-6,9-10,13-14,20H,2-3,7-8,11-12H2,1H3,(H2,26,27,31). The second-order valence-corrected chi connectivity index (χ2v) is 8.34. The second kappa shape index (κ2) is 8.57. The van der Waals surface area contributed by atoms with Crippen LogP contribution in [0.1, 0.15) is 42.9 Å². The Balaban J connectivity index is 1.30. The number of benzene rings is 2. The summed E-state index contributed by atoms with van der Waals surface area (Å²) in [6, 6.07) is 10.9. The molecular weight excluding hydrogens is 422 g/mol. The molecule has 2 heterocycles. The Morgan fingerprint density at radius 1 is 1.15 bits per heavy atom. The summed E-state index contributed by atoms with van der Waals surface area (Å²) < 4.78 is 5.89. The number of hydrogen-bond donors (Lipinski definition) is 2. The van der Waals surface area contributed by atoms with Crippen molar-refractivity contribution in [3.05, 3.63) is 53.7 Å². The molecular formula is C24H25N5O4. The number of carbonyl (C=O) groups excluding carboxylic acids is 3. The van der Waals surface area contributed by atoms with E-state index in [9.17, 15) is 14.4 Å². The Morgan fingerprint density at radius 3 is 2.85 bits per heavy atom. The first kappa shape index (κ1) is 21.0. The van der Waals surface area contributed by atoms with E-state index in [1.807, 2.05) is 17.0 Å². The van der Waals surface area contributed by atoms with Crippen LogP contribution in [0.15, 0.2) is 42.6 Å². The molecule has 0 spiro atoms. The molecule has 9 heteroatoms. The summed E-state index contributed by atoms with van der Waals surface area (Å²) in [6.07, 6.45) is 5.15. The Bertz CT molecular complexity index is 1250. The zero-order valence-corrected chi connectivity index (χ0v) is 18.3. The van der Waals surface area contributed by atoms with Gasteiger partial charge in [-0.2, -0.15) is 9.78 Å². The van der Waals surface area contributed by atoms with E-state index in [0.717, 1.165) is 53.7 Å². The first-order chi connectivity index (χ1) is 16.0. The first-order valence-electron chi connectivity index (χ1n) is 11.1. The molecule has 3 amide bonds. The van der Waals surface area contributed by atoms with Gasteiger partial charge in [0.15, 0.2) is 0 Å². The molecule has 2 aliphatic rings. The summed E-state index contributed by atoms with van der Waals surface area (Å²) in [4.78, 5) is 38.8. The van der Waals surface area contributed by atoms with Crippen molar-refractivity contribution >= 4 is 40.3 Å². The number of anilines is 2. The third kappa shape index (κ3) is 3.90. The van der Waals surface area contributed by atoms with Crippen LogP contribution >= 0.6 is 0 Å². The minimum Gasteiger partial charge on any atom is -0.451 e. The normalized spacial score (nSPS) is 17.7. The molecule has 0 saturated carbocycles. The molecule has 0 radical (unpaired) electrons. The summed E-state index contributed by atoms with van der Waals surface area (Å²) in [5.74, 6) is 0.179. The van der Waals surface area contributed by atoms with Crippen molar-refractivity contribution in [3.63, 3.8) is 0 Å². The van der Waals surface area contributed by atoms with Crippen LogP contribution in [0.4, 0.5) is 21.0 Å². The van der Waals surface area contributed by atoms with E-state index < -0.39 is 6.09 Å². The van der Waals surface area contributed by atoms with Crippen LogP contribution in [0.25, 0.3) is 10.9 Å². The van der Waals surface area contributed by atoms with Crippen molar-refractivity contribution in [3.8, 4) is 0 Å². The Kier molecular flexibility index (Phi) is 5.45. The molecule has 3 aromatic rings. The van der Waals surface area contributed by atoms with Gasteiger partial charge in [-0.05, 0) is 61.1 Å². The van der Waals surface area contributed by atoms with Gasteiger partial charge in [-0.15, -0.1) is 0 Å². The van der Waals surface area contributed by atoms with Crippen LogP contribution in [0.2, 0.25) is 0 Å². The van der Waals surface area contributed by atoms with Gasteiger partial charge in [0.05, 0.1) is 30.6 Å². The summed E-state index contributed by atoms with van der Waals surface area (Å²) in [6.45, 7) is 0.764. The van der Waals surface area contributed by atoms with Crippen LogP contribution in [-0.2, 0) is 16.0 Å². The lowest BCUT2D eigenvalue weighted by molar-refractivity contribution is -0.119. The minimum absolute atomic E-state index is 0.108. The van der Waals surface area contributed by atoms with Gasteiger partial charge in [0.2, 0.25) is 5.91 Å². The number of methoxy groups -OCH3 is 1. The smallest absolute Gasteiger partial charge is 0.434 e. The monoisotopic (exact) mass is 447 g/mol. The number of ether oxygens (including phenoxy) is 1. The van der Waals surface area contributed by atoms with Gasteiger partial charge in [0, 0.05) is 24.0 Å². The van der Waals surface area contributed by atoms with Gasteiger partial charge in [0.25, 0.3) is 0 Å². The fourth-order valence-electron chi connectivity index (χ4n) is 4.71. The van der Waals surface area contributed by atoms with Crippen molar-refractivity contribution in [1.29, 1.82) is 0 Å². The van der Waals surface area contributed by atoms with Crippen molar-refractivity contribution < 1.29 is 19.1 Å². The summed E-state index contributed by atoms with van der Waals surface area (Å²) in [5.41, 5.74) is 4.29. The highest BCUT2D eigenvalue weighted by Crippen LogP contribution is 2.35. The van der Waals surface area contributed by atoms with Crippen molar-refractivity contribution in [2.45, 2.75) is 38.1 Å². The van der Waals surface area contributed by atoms with Crippen LogP contribution in [0.3, 0.4) is 0 Å². The first-order valence-corrected chi connectivity index (χ1v) is 11.1. The molecule has 0 bridgehead atoms. The Morgan fingerprint density at radius 2 is 2.03 bits per heavy atom. The predicted octanol–water partition coefficient (Wildman–Crippen LogP) is 3.98. The molecule has 33 heavy (non-hydrogen) atoms. The Hall–Kier alpha value is -3.88. The van der Waals surface area contributed by atoms with Crippen LogP contribution in [-0.4, -0.2) is 41.5 Å². The molecule has 1 saturated heterocycles. The largest absolute Gasteiger partial charge is 0.451 e. The number of fused-ring (bicyclic) bond motifs is 2. The molecule has 9 nitrogen and oxygen atoms in total. The zero-order chi connectivity index (χ0) is 22.9. The molecule has 1 aliphatic heterocycles.